The number of ether oxygens (including phenoxy) is 2. The molecule has 0 spiro atoms. The van der Waals surface area contributed by atoms with Gasteiger partial charge in [0, 0.05) is 5.56 Å². The van der Waals surface area contributed by atoms with Crippen LogP contribution in [-0.4, -0.2) is 25.3 Å². The number of rotatable bonds is 10. The Balaban J connectivity index is 3.35. The number of benzene rings is 1. The molecule has 0 aliphatic carbocycles. The van der Waals surface area contributed by atoms with Gasteiger partial charge < -0.3 is 14.6 Å². The zero-order valence-corrected chi connectivity index (χ0v) is 15.0. The number of carbonyl (C=O) groups is 1. The Bertz CT molecular complexity index is 512. The van der Waals surface area contributed by atoms with Gasteiger partial charge in [0.05, 0.1) is 19.6 Å². The topological polar surface area (TPSA) is 55.8 Å². The molecule has 0 amide bonds. The van der Waals surface area contributed by atoms with Gasteiger partial charge in [-0.2, -0.15) is 0 Å². The molecule has 0 aromatic heterocycles. The van der Waals surface area contributed by atoms with E-state index in [1.165, 1.54) is 0 Å². The molecule has 0 radical (unpaired) electrons. The van der Waals surface area contributed by atoms with E-state index in [2.05, 4.69) is 13.8 Å². The van der Waals surface area contributed by atoms with Gasteiger partial charge in [0.15, 0.2) is 11.5 Å². The van der Waals surface area contributed by atoms with Crippen LogP contribution < -0.4 is 9.47 Å². The largest absolute Gasteiger partial charge is 0.493 e. The highest BCUT2D eigenvalue weighted by molar-refractivity contribution is 5.83. The standard InChI is InChI=1S/C19H30O4/c1-6-8-9-11-14(7-2)19(3,18(20)21)15-12-10-13-16(22-4)17(15)23-5/h10,12-14H,6-9,11H2,1-5H3,(H,20,21). The van der Waals surface area contributed by atoms with Crippen LogP contribution in [0.15, 0.2) is 18.2 Å². The van der Waals surface area contributed by atoms with E-state index in [0.717, 1.165) is 32.1 Å². The first-order chi connectivity index (χ1) is 11.0. The Morgan fingerprint density at radius 3 is 2.39 bits per heavy atom. The van der Waals surface area contributed by atoms with E-state index in [-0.39, 0.29) is 5.92 Å². The second-order valence-electron chi connectivity index (χ2n) is 6.15. The molecule has 23 heavy (non-hydrogen) atoms. The van der Waals surface area contributed by atoms with E-state index >= 15 is 0 Å². The third-order valence-corrected chi connectivity index (χ3v) is 4.87. The molecule has 1 aromatic carbocycles. The van der Waals surface area contributed by atoms with Crippen molar-refractivity contribution in [1.82, 2.24) is 0 Å². The van der Waals surface area contributed by atoms with Gasteiger partial charge in [0.2, 0.25) is 0 Å². The molecular formula is C19H30O4. The molecule has 0 heterocycles. The Morgan fingerprint density at radius 1 is 1.22 bits per heavy atom. The van der Waals surface area contributed by atoms with Crippen molar-refractivity contribution in [3.63, 3.8) is 0 Å². The van der Waals surface area contributed by atoms with Crippen LogP contribution in [-0.2, 0) is 10.2 Å². The summed E-state index contributed by atoms with van der Waals surface area (Å²) in [5.74, 6) is 0.328. The molecular weight excluding hydrogens is 292 g/mol. The van der Waals surface area contributed by atoms with Gasteiger partial charge in [0.25, 0.3) is 0 Å². The van der Waals surface area contributed by atoms with Gasteiger partial charge >= 0.3 is 5.97 Å². The molecule has 130 valence electrons. The smallest absolute Gasteiger partial charge is 0.314 e. The molecule has 2 atom stereocenters. The van der Waals surface area contributed by atoms with Gasteiger partial charge in [-0.05, 0) is 25.3 Å². The van der Waals surface area contributed by atoms with Crippen molar-refractivity contribution in [2.75, 3.05) is 14.2 Å². The predicted octanol–water partition coefficient (Wildman–Crippen LogP) is 4.65. The molecule has 0 bridgehead atoms. The molecule has 0 aliphatic rings. The highest BCUT2D eigenvalue weighted by atomic mass is 16.5. The molecule has 4 nitrogen and oxygen atoms in total. The molecule has 2 unspecified atom stereocenters. The summed E-state index contributed by atoms with van der Waals surface area (Å²) in [7, 11) is 3.12. The second kappa shape index (κ2) is 8.80. The van der Waals surface area contributed by atoms with E-state index in [1.54, 1.807) is 20.3 Å². The van der Waals surface area contributed by atoms with E-state index in [0.29, 0.717) is 17.1 Å². The van der Waals surface area contributed by atoms with E-state index < -0.39 is 11.4 Å². The lowest BCUT2D eigenvalue weighted by molar-refractivity contribution is -0.145. The molecule has 4 heteroatoms. The normalized spacial score (nSPS) is 14.8. The maximum Gasteiger partial charge on any atom is 0.314 e. The van der Waals surface area contributed by atoms with Crippen LogP contribution in [0.4, 0.5) is 0 Å². The van der Waals surface area contributed by atoms with Crippen LogP contribution in [0.1, 0.15) is 58.4 Å². The molecule has 1 aromatic rings. The zero-order valence-electron chi connectivity index (χ0n) is 15.0. The van der Waals surface area contributed by atoms with E-state index in [4.69, 9.17) is 9.47 Å². The fourth-order valence-electron chi connectivity index (χ4n) is 3.35. The number of carboxylic acids is 1. The molecule has 1 rings (SSSR count). The molecule has 0 saturated carbocycles. The van der Waals surface area contributed by atoms with Gasteiger partial charge in [-0.25, -0.2) is 0 Å². The highest BCUT2D eigenvalue weighted by Gasteiger charge is 2.44. The van der Waals surface area contributed by atoms with E-state index in [9.17, 15) is 9.90 Å². The zero-order chi connectivity index (χ0) is 17.5. The fraction of sp³-hybridized carbons (Fsp3) is 0.632. The molecule has 0 fully saturated rings. The van der Waals surface area contributed by atoms with Gasteiger partial charge in [-0.1, -0.05) is 51.7 Å². The van der Waals surface area contributed by atoms with Crippen molar-refractivity contribution >= 4 is 5.97 Å². The Morgan fingerprint density at radius 2 is 1.91 bits per heavy atom. The molecule has 0 saturated heterocycles. The quantitative estimate of drug-likeness (QED) is 0.637. The first-order valence-corrected chi connectivity index (χ1v) is 8.42. The van der Waals surface area contributed by atoms with Crippen molar-refractivity contribution in [3.05, 3.63) is 23.8 Å². The molecule has 0 aliphatic heterocycles. The average molecular weight is 322 g/mol. The van der Waals surface area contributed by atoms with Crippen LogP contribution in [0.2, 0.25) is 0 Å². The van der Waals surface area contributed by atoms with Crippen molar-refractivity contribution in [1.29, 1.82) is 0 Å². The third-order valence-electron chi connectivity index (χ3n) is 4.87. The lowest BCUT2D eigenvalue weighted by Gasteiger charge is -2.35. The minimum atomic E-state index is -0.998. The van der Waals surface area contributed by atoms with Crippen molar-refractivity contribution in [3.8, 4) is 11.5 Å². The van der Waals surface area contributed by atoms with Crippen LogP contribution in [0.25, 0.3) is 0 Å². The number of carboxylic acid groups (broad SMARTS) is 1. The average Bonchev–Trinajstić information content (AvgIpc) is 2.57. The van der Waals surface area contributed by atoms with Gasteiger partial charge in [-0.15, -0.1) is 0 Å². The van der Waals surface area contributed by atoms with Crippen molar-refractivity contribution < 1.29 is 19.4 Å². The summed E-state index contributed by atoms with van der Waals surface area (Å²) < 4.78 is 10.8. The Hall–Kier alpha value is -1.71. The van der Waals surface area contributed by atoms with Crippen molar-refractivity contribution in [2.45, 2.75) is 58.3 Å². The second-order valence-corrected chi connectivity index (χ2v) is 6.15. The number of para-hydroxylation sites is 1. The summed E-state index contributed by atoms with van der Waals surface area (Å²) in [4.78, 5) is 12.2. The first-order valence-electron chi connectivity index (χ1n) is 8.42. The maximum absolute atomic E-state index is 12.2. The van der Waals surface area contributed by atoms with Crippen LogP contribution in [0, 0.1) is 5.92 Å². The predicted molar refractivity (Wildman–Crippen MR) is 92.5 cm³/mol. The van der Waals surface area contributed by atoms with Crippen LogP contribution in [0.5, 0.6) is 11.5 Å². The number of aliphatic carboxylic acids is 1. The molecule has 1 N–H and O–H groups in total. The SMILES string of the molecule is CCCCCC(CC)C(C)(C(=O)O)c1cccc(OC)c1OC. The Labute approximate surface area is 139 Å². The summed E-state index contributed by atoms with van der Waals surface area (Å²) in [5.41, 5.74) is -0.308. The Kier molecular flexibility index (Phi) is 7.40. The van der Waals surface area contributed by atoms with Crippen LogP contribution >= 0.6 is 0 Å². The minimum absolute atomic E-state index is 0.0487. The fourth-order valence-corrected chi connectivity index (χ4v) is 3.35. The van der Waals surface area contributed by atoms with E-state index in [1.807, 2.05) is 19.1 Å². The van der Waals surface area contributed by atoms with Crippen LogP contribution in [0.3, 0.4) is 0 Å². The third kappa shape index (κ3) is 3.98. The highest BCUT2D eigenvalue weighted by Crippen LogP contribution is 2.45. The number of hydrogen-bond acceptors (Lipinski definition) is 3. The number of unbranched alkanes of at least 4 members (excludes halogenated alkanes) is 2. The minimum Gasteiger partial charge on any atom is -0.493 e. The monoisotopic (exact) mass is 322 g/mol. The maximum atomic E-state index is 12.2. The lowest BCUT2D eigenvalue weighted by atomic mass is 9.68. The summed E-state index contributed by atoms with van der Waals surface area (Å²) in [6.07, 6.45) is 5.01. The number of methoxy groups -OCH3 is 2. The van der Waals surface area contributed by atoms with Gasteiger partial charge in [0.1, 0.15) is 0 Å². The number of hydrogen-bond donors (Lipinski definition) is 1. The first kappa shape index (κ1) is 19.3. The van der Waals surface area contributed by atoms with Gasteiger partial charge in [-0.3, -0.25) is 4.79 Å². The summed E-state index contributed by atoms with van der Waals surface area (Å²) in [6, 6.07) is 5.47. The summed E-state index contributed by atoms with van der Waals surface area (Å²) in [6.45, 7) is 6.03. The lowest BCUT2D eigenvalue weighted by Crippen LogP contribution is -2.40. The summed E-state index contributed by atoms with van der Waals surface area (Å²) in [5, 5.41) is 10.0. The summed E-state index contributed by atoms with van der Waals surface area (Å²) >= 11 is 0. The van der Waals surface area contributed by atoms with Crippen molar-refractivity contribution in [2.24, 2.45) is 5.92 Å².